The Kier molecular flexibility index (Phi) is 13.6. The van der Waals surface area contributed by atoms with Crippen molar-refractivity contribution < 1.29 is 13.2 Å². The Morgan fingerprint density at radius 3 is 1.85 bits per heavy atom. The first kappa shape index (κ1) is 24.8. The van der Waals surface area contributed by atoms with Crippen LogP contribution in [0, 0.1) is 0 Å². The van der Waals surface area contributed by atoms with E-state index in [1.54, 1.807) is 11.8 Å². The Hall–Kier alpha value is -0.200. The van der Waals surface area contributed by atoms with Gasteiger partial charge in [0.15, 0.2) is 0 Å². The van der Waals surface area contributed by atoms with Gasteiger partial charge in [0.2, 0.25) is 0 Å². The van der Waals surface area contributed by atoms with Gasteiger partial charge in [-0.15, -0.1) is 23.5 Å². The molecule has 0 aliphatic carbocycles. The molecule has 0 fully saturated rings. The minimum absolute atomic E-state index is 0.603. The molecule has 1 rings (SSSR count). The molecule has 0 aliphatic rings. The predicted molar refractivity (Wildman–Crippen MR) is 120 cm³/mol. The summed E-state index contributed by atoms with van der Waals surface area (Å²) in [6, 6.07) is 5.34. The number of alkyl halides is 3. The van der Waals surface area contributed by atoms with Crippen molar-refractivity contribution in [1.82, 2.24) is 0 Å². The van der Waals surface area contributed by atoms with Crippen LogP contribution < -0.4 is 0 Å². The highest BCUT2D eigenvalue weighted by molar-refractivity contribution is 8.46. The average Bonchev–Trinajstić information content (AvgIpc) is 2.64. The molecule has 0 unspecified atom stereocenters. The van der Waals surface area contributed by atoms with E-state index in [0.717, 1.165) is 27.0 Å². The van der Waals surface area contributed by atoms with Gasteiger partial charge in [-0.25, -0.2) is 0 Å². The molecule has 0 N–H and O–H groups in total. The molecule has 1 aromatic rings. The third kappa shape index (κ3) is 12.8. The van der Waals surface area contributed by atoms with Gasteiger partial charge in [0.25, 0.3) is 0 Å². The first-order valence-electron chi connectivity index (χ1n) is 9.89. The van der Waals surface area contributed by atoms with Gasteiger partial charge in [0.1, 0.15) is 3.53 Å². The molecule has 0 spiro atoms. The highest BCUT2D eigenvalue weighted by atomic mass is 32.2. The molecule has 6 heteroatoms. The summed E-state index contributed by atoms with van der Waals surface area (Å²) in [5, 5.41) is 0. The molecule has 1 aromatic carbocycles. The molecular formula is C21H31F3S3. The average molecular weight is 437 g/mol. The van der Waals surface area contributed by atoms with E-state index < -0.39 is 11.7 Å². The van der Waals surface area contributed by atoms with Gasteiger partial charge in [-0.05, 0) is 29.9 Å². The standard InChI is InChI=1S/C21H31F3S3/c1-2-3-4-5-6-7-8-9-10-11-16-26-20(25)27-17-18-12-14-19(15-13-18)21(22,23)24/h12-15H,2-11,16-17H2,1H3. The number of rotatable bonds is 13. The molecule has 0 aliphatic heterocycles. The van der Waals surface area contributed by atoms with E-state index in [-0.39, 0.29) is 0 Å². The molecule has 0 aromatic heterocycles. The summed E-state index contributed by atoms with van der Waals surface area (Å²) in [7, 11) is 0. The van der Waals surface area contributed by atoms with Crippen molar-refractivity contribution in [3.8, 4) is 0 Å². The van der Waals surface area contributed by atoms with Crippen LogP contribution in [0.15, 0.2) is 24.3 Å². The predicted octanol–water partition coefficient (Wildman–Crippen LogP) is 8.88. The van der Waals surface area contributed by atoms with Crippen molar-refractivity contribution in [2.45, 2.75) is 83.1 Å². The van der Waals surface area contributed by atoms with Crippen molar-refractivity contribution in [3.63, 3.8) is 0 Å². The van der Waals surface area contributed by atoms with Gasteiger partial charge < -0.3 is 0 Å². The molecule has 0 nitrogen and oxygen atoms in total. The smallest absolute Gasteiger partial charge is 0.166 e. The second-order valence-electron chi connectivity index (χ2n) is 6.76. The molecule has 0 amide bonds. The van der Waals surface area contributed by atoms with Crippen molar-refractivity contribution in [1.29, 1.82) is 0 Å². The van der Waals surface area contributed by atoms with Gasteiger partial charge in [-0.2, -0.15) is 13.2 Å². The third-order valence-corrected chi connectivity index (χ3v) is 7.21. The summed E-state index contributed by atoms with van der Waals surface area (Å²) in [5.74, 6) is 1.66. The van der Waals surface area contributed by atoms with Crippen LogP contribution in [-0.4, -0.2) is 9.28 Å². The Balaban J connectivity index is 2.00. The Morgan fingerprint density at radius 2 is 1.33 bits per heavy atom. The lowest BCUT2D eigenvalue weighted by Gasteiger charge is -2.08. The minimum atomic E-state index is -4.27. The second-order valence-corrected chi connectivity index (χ2v) is 10.0. The van der Waals surface area contributed by atoms with E-state index in [1.807, 2.05) is 0 Å². The maximum absolute atomic E-state index is 12.5. The van der Waals surface area contributed by atoms with E-state index in [4.69, 9.17) is 12.2 Å². The number of halogens is 3. The molecule has 0 radical (unpaired) electrons. The largest absolute Gasteiger partial charge is 0.416 e. The molecule has 0 bridgehead atoms. The summed E-state index contributed by atoms with van der Waals surface area (Å²) in [5.41, 5.74) is 0.268. The molecular weight excluding hydrogens is 405 g/mol. The van der Waals surface area contributed by atoms with Crippen LogP contribution in [0.1, 0.15) is 82.3 Å². The summed E-state index contributed by atoms with van der Waals surface area (Å²) < 4.78 is 38.5. The Morgan fingerprint density at radius 1 is 0.815 bits per heavy atom. The van der Waals surface area contributed by atoms with Gasteiger partial charge in [-0.3, -0.25) is 0 Å². The monoisotopic (exact) mass is 436 g/mol. The van der Waals surface area contributed by atoms with Crippen molar-refractivity contribution in [2.75, 3.05) is 5.75 Å². The van der Waals surface area contributed by atoms with E-state index in [1.165, 1.54) is 88.1 Å². The quantitative estimate of drug-likeness (QED) is 0.224. The molecule has 0 heterocycles. The molecule has 0 saturated heterocycles. The van der Waals surface area contributed by atoms with E-state index in [9.17, 15) is 13.2 Å². The zero-order chi connectivity index (χ0) is 20.0. The molecule has 0 atom stereocenters. The van der Waals surface area contributed by atoms with Crippen LogP contribution in [0.5, 0.6) is 0 Å². The topological polar surface area (TPSA) is 0 Å². The summed E-state index contributed by atoms with van der Waals surface area (Å²) in [4.78, 5) is 0. The van der Waals surface area contributed by atoms with Crippen molar-refractivity contribution in [2.24, 2.45) is 0 Å². The molecule has 0 saturated carbocycles. The maximum Gasteiger partial charge on any atom is 0.416 e. The Bertz CT molecular complexity index is 512. The van der Waals surface area contributed by atoms with Crippen molar-refractivity contribution in [3.05, 3.63) is 35.4 Å². The van der Waals surface area contributed by atoms with Crippen LogP contribution in [0.2, 0.25) is 0 Å². The maximum atomic E-state index is 12.5. The minimum Gasteiger partial charge on any atom is -0.166 e. The fraction of sp³-hybridized carbons (Fsp3) is 0.667. The number of thioether (sulfide) groups is 2. The zero-order valence-electron chi connectivity index (χ0n) is 16.2. The lowest BCUT2D eigenvalue weighted by atomic mass is 10.1. The molecule has 27 heavy (non-hydrogen) atoms. The van der Waals surface area contributed by atoms with E-state index in [2.05, 4.69) is 6.92 Å². The van der Waals surface area contributed by atoms with Crippen LogP contribution >= 0.6 is 35.7 Å². The van der Waals surface area contributed by atoms with Crippen molar-refractivity contribution >= 4 is 39.3 Å². The number of benzene rings is 1. The third-order valence-electron chi connectivity index (χ3n) is 4.36. The number of hydrogen-bond donors (Lipinski definition) is 0. The first-order valence-corrected chi connectivity index (χ1v) is 12.3. The highest BCUT2D eigenvalue weighted by Crippen LogP contribution is 2.30. The summed E-state index contributed by atoms with van der Waals surface area (Å²) in [6.07, 6.45) is 8.99. The van der Waals surface area contributed by atoms with Crippen LogP contribution in [0.25, 0.3) is 0 Å². The highest BCUT2D eigenvalue weighted by Gasteiger charge is 2.29. The van der Waals surface area contributed by atoms with Crippen LogP contribution in [0.3, 0.4) is 0 Å². The first-order chi connectivity index (χ1) is 12.9. The Labute approximate surface area is 176 Å². The molecule has 154 valence electrons. The van der Waals surface area contributed by atoms with E-state index in [0.29, 0.717) is 5.75 Å². The van der Waals surface area contributed by atoms with Crippen LogP contribution in [-0.2, 0) is 11.9 Å². The SMILES string of the molecule is CCCCCCCCCCCCSC(=S)SCc1ccc(C(F)(F)F)cc1. The lowest BCUT2D eigenvalue weighted by Crippen LogP contribution is -2.04. The summed E-state index contributed by atoms with van der Waals surface area (Å²) in [6.45, 7) is 2.25. The van der Waals surface area contributed by atoms with Gasteiger partial charge >= 0.3 is 6.18 Å². The number of thiocarbonyl (C=S) groups is 1. The van der Waals surface area contributed by atoms with Gasteiger partial charge in [-0.1, -0.05) is 89.1 Å². The fourth-order valence-corrected chi connectivity index (χ4v) is 4.90. The van der Waals surface area contributed by atoms with Crippen LogP contribution in [0.4, 0.5) is 13.2 Å². The zero-order valence-corrected chi connectivity index (χ0v) is 18.6. The second kappa shape index (κ2) is 14.7. The van der Waals surface area contributed by atoms with Gasteiger partial charge in [0.05, 0.1) is 5.56 Å². The lowest BCUT2D eigenvalue weighted by molar-refractivity contribution is -0.137. The summed E-state index contributed by atoms with van der Waals surface area (Å²) >= 11 is 8.59. The number of hydrogen-bond acceptors (Lipinski definition) is 3. The van der Waals surface area contributed by atoms with Gasteiger partial charge in [0, 0.05) is 5.75 Å². The number of unbranched alkanes of at least 4 members (excludes halogenated alkanes) is 9. The van der Waals surface area contributed by atoms with E-state index >= 15 is 0 Å². The fourth-order valence-electron chi connectivity index (χ4n) is 2.72. The normalized spacial score (nSPS) is 11.7.